The van der Waals surface area contributed by atoms with Crippen molar-refractivity contribution in [3.63, 3.8) is 0 Å². The molecule has 3 aliphatic heterocycles. The molecule has 3 fully saturated rings. The van der Waals surface area contributed by atoms with Crippen LogP contribution in [0.1, 0.15) is 13.3 Å². The zero-order valence-electron chi connectivity index (χ0n) is 15.8. The fourth-order valence-corrected chi connectivity index (χ4v) is 3.99. The largest absolute Gasteiger partial charge is 0.385 e. The number of amides is 2. The molecule has 4 atom stereocenters. The molecule has 3 saturated heterocycles. The van der Waals surface area contributed by atoms with E-state index in [-0.39, 0.29) is 18.6 Å². The highest BCUT2D eigenvalue weighted by atomic mass is 32.2. The highest BCUT2D eigenvalue weighted by Crippen LogP contribution is 2.35. The van der Waals surface area contributed by atoms with E-state index >= 15 is 0 Å². The molecular formula is C14H22N2O11S2. The van der Waals surface area contributed by atoms with Gasteiger partial charge in [0.15, 0.2) is 6.10 Å². The first-order valence-corrected chi connectivity index (χ1v) is 11.7. The van der Waals surface area contributed by atoms with Crippen LogP contribution in [0.2, 0.25) is 0 Å². The van der Waals surface area contributed by atoms with E-state index in [9.17, 15) is 36.6 Å². The molecule has 15 heteroatoms. The van der Waals surface area contributed by atoms with Gasteiger partial charge < -0.3 is 25.6 Å². The Morgan fingerprint density at radius 2 is 1.79 bits per heavy atom. The molecule has 4 N–H and O–H groups in total. The lowest BCUT2D eigenvalue weighted by Gasteiger charge is -2.50. The molecule has 0 aromatic heterocycles. The summed E-state index contributed by atoms with van der Waals surface area (Å²) in [6, 6.07) is 0. The Morgan fingerprint density at radius 1 is 1.21 bits per heavy atom. The van der Waals surface area contributed by atoms with Crippen molar-refractivity contribution in [1.29, 1.82) is 0 Å². The van der Waals surface area contributed by atoms with Gasteiger partial charge in [-0.2, -0.15) is 16.8 Å². The fourth-order valence-electron chi connectivity index (χ4n) is 2.84. The van der Waals surface area contributed by atoms with Crippen molar-refractivity contribution in [1.82, 2.24) is 10.6 Å². The molecule has 3 aliphatic rings. The summed E-state index contributed by atoms with van der Waals surface area (Å²) in [5, 5.41) is 25.2. The minimum Gasteiger partial charge on any atom is -0.385 e. The smallest absolute Gasteiger partial charge is 0.280 e. The topological polar surface area (TPSA) is 195 Å². The molecule has 0 radical (unpaired) electrons. The highest BCUT2D eigenvalue weighted by molar-refractivity contribution is 7.86. The lowest BCUT2D eigenvalue weighted by molar-refractivity contribution is -0.222. The van der Waals surface area contributed by atoms with E-state index in [0.29, 0.717) is 12.5 Å². The number of aliphatic hydroxyl groups is 2. The Bertz CT molecular complexity index is 943. The molecular weight excluding hydrogens is 436 g/mol. The molecule has 13 nitrogen and oxygen atoms in total. The second kappa shape index (κ2) is 7.26. The van der Waals surface area contributed by atoms with Crippen molar-refractivity contribution in [2.45, 2.75) is 36.5 Å². The predicted octanol–water partition coefficient (Wildman–Crippen LogP) is -3.33. The zero-order valence-corrected chi connectivity index (χ0v) is 17.4. The lowest BCUT2D eigenvalue weighted by atomic mass is 9.85. The van der Waals surface area contributed by atoms with Crippen molar-refractivity contribution in [2.75, 3.05) is 25.7 Å². The van der Waals surface area contributed by atoms with Crippen LogP contribution in [0.25, 0.3) is 0 Å². The monoisotopic (exact) mass is 458 g/mol. The molecule has 29 heavy (non-hydrogen) atoms. The molecule has 2 bridgehead atoms. The molecule has 2 amide bonds. The van der Waals surface area contributed by atoms with Gasteiger partial charge in [-0.1, -0.05) is 6.58 Å². The van der Waals surface area contributed by atoms with Crippen molar-refractivity contribution in [3.8, 4) is 0 Å². The van der Waals surface area contributed by atoms with Crippen molar-refractivity contribution < 1.29 is 49.7 Å². The number of ether oxygens (including phenoxy) is 1. The number of piperazine rings is 1. The quantitative estimate of drug-likeness (QED) is 0.220. The van der Waals surface area contributed by atoms with Crippen LogP contribution in [-0.2, 0) is 42.9 Å². The van der Waals surface area contributed by atoms with Gasteiger partial charge in [-0.15, -0.1) is 0 Å². The number of nitrogens with one attached hydrogen (secondary N) is 2. The summed E-state index contributed by atoms with van der Waals surface area (Å²) >= 11 is 0. The first kappa shape index (κ1) is 23.7. The number of carbonyl (C=O) groups is 2. The first-order valence-electron chi connectivity index (χ1n) is 8.08. The van der Waals surface area contributed by atoms with E-state index in [1.54, 1.807) is 0 Å². The zero-order chi connectivity index (χ0) is 22.5. The van der Waals surface area contributed by atoms with E-state index in [2.05, 4.69) is 10.8 Å². The maximum atomic E-state index is 12.8. The third-order valence-electron chi connectivity index (χ3n) is 4.28. The van der Waals surface area contributed by atoms with Crippen LogP contribution < -0.4 is 10.6 Å². The summed E-state index contributed by atoms with van der Waals surface area (Å²) in [4.78, 5) is 25.3. The third kappa shape index (κ3) is 4.76. The Labute approximate surface area is 167 Å². The van der Waals surface area contributed by atoms with Crippen molar-refractivity contribution in [2.24, 2.45) is 0 Å². The number of fused-ring (bicyclic) bond motifs is 5. The number of hydrogen-bond acceptors (Lipinski definition) is 11. The van der Waals surface area contributed by atoms with E-state index in [4.69, 9.17) is 8.92 Å². The van der Waals surface area contributed by atoms with Crippen LogP contribution in [0.4, 0.5) is 0 Å². The average Bonchev–Trinajstić information content (AvgIpc) is 2.53. The predicted molar refractivity (Wildman–Crippen MR) is 94.8 cm³/mol. The van der Waals surface area contributed by atoms with Crippen LogP contribution in [0.15, 0.2) is 12.2 Å². The summed E-state index contributed by atoms with van der Waals surface area (Å²) in [7, 11) is -8.47. The van der Waals surface area contributed by atoms with Crippen molar-refractivity contribution >= 4 is 32.1 Å². The van der Waals surface area contributed by atoms with Crippen LogP contribution in [0.5, 0.6) is 0 Å². The van der Waals surface area contributed by atoms with E-state index < -0.39 is 61.8 Å². The van der Waals surface area contributed by atoms with Gasteiger partial charge in [0.2, 0.25) is 5.72 Å². The van der Waals surface area contributed by atoms with Gasteiger partial charge in [0.25, 0.3) is 37.8 Å². The Morgan fingerprint density at radius 3 is 2.31 bits per heavy atom. The second-order valence-electron chi connectivity index (χ2n) is 7.06. The van der Waals surface area contributed by atoms with Gasteiger partial charge in [-0.3, -0.25) is 18.0 Å². The minimum atomic E-state index is -4.38. The summed E-state index contributed by atoms with van der Waals surface area (Å²) in [6.07, 6.45) is -1.03. The van der Waals surface area contributed by atoms with Crippen LogP contribution >= 0.6 is 0 Å². The second-order valence-corrected chi connectivity index (χ2v) is 10.3. The normalized spacial score (nSPS) is 31.3. The Kier molecular flexibility index (Phi) is 5.92. The van der Waals surface area contributed by atoms with E-state index in [1.165, 1.54) is 0 Å². The van der Waals surface area contributed by atoms with Crippen LogP contribution in [-0.4, -0.2) is 87.7 Å². The van der Waals surface area contributed by atoms with Gasteiger partial charge >= 0.3 is 0 Å². The minimum absolute atomic E-state index is 0.0931. The van der Waals surface area contributed by atoms with E-state index in [0.717, 1.165) is 6.92 Å². The van der Waals surface area contributed by atoms with Crippen LogP contribution in [0.3, 0.4) is 0 Å². The highest BCUT2D eigenvalue weighted by Gasteiger charge is 2.65. The van der Waals surface area contributed by atoms with Gasteiger partial charge in [0, 0.05) is 0 Å². The summed E-state index contributed by atoms with van der Waals surface area (Å²) in [6.45, 7) is 3.06. The maximum Gasteiger partial charge on any atom is 0.280 e. The standard InChI is InChI=1S/C14H22N2O11S2/c1-8-5-6-25-14(11(18)15-13(8,20)10(17)16-14)9(27-29(4,23)24)12(2,19)7-26-28(3,21)22/h9,19-20H,1,5-7H2,2-4H3,(H,15,18)(H,16,17)/t9-,12-,13+,14-/m0/s1. The number of hydrogen-bond donors (Lipinski definition) is 4. The molecule has 0 aromatic rings. The molecule has 166 valence electrons. The molecule has 0 aromatic carbocycles. The van der Waals surface area contributed by atoms with E-state index in [1.807, 2.05) is 10.6 Å². The first-order chi connectivity index (χ1) is 12.9. The SMILES string of the molecule is C=C1CCO[C@]2([C@@H](OS(C)(=O)=O)[C@@](C)(O)COS(C)(=O)=O)NC(=O)[C@@]1(O)NC2=O. The van der Waals surface area contributed by atoms with Gasteiger partial charge in [0.05, 0.1) is 25.7 Å². The van der Waals surface area contributed by atoms with Crippen molar-refractivity contribution in [3.05, 3.63) is 12.2 Å². The molecule has 3 heterocycles. The molecule has 0 unspecified atom stereocenters. The molecule has 0 spiro atoms. The third-order valence-corrected chi connectivity index (χ3v) is 5.36. The van der Waals surface area contributed by atoms with Gasteiger partial charge in [-0.05, 0) is 18.9 Å². The van der Waals surface area contributed by atoms with Gasteiger partial charge in [-0.25, -0.2) is 0 Å². The van der Waals surface area contributed by atoms with Gasteiger partial charge in [0.1, 0.15) is 5.60 Å². The lowest BCUT2D eigenvalue weighted by Crippen LogP contribution is -2.83. The average molecular weight is 458 g/mol. The maximum absolute atomic E-state index is 12.8. The summed E-state index contributed by atoms with van der Waals surface area (Å²) < 4.78 is 61.0. The van der Waals surface area contributed by atoms with Crippen LogP contribution in [0, 0.1) is 0 Å². The number of carbonyl (C=O) groups excluding carboxylic acids is 2. The fraction of sp³-hybridized carbons (Fsp3) is 0.714. The summed E-state index contributed by atoms with van der Waals surface area (Å²) in [5.41, 5.74) is -7.72. The molecule has 3 rings (SSSR count). The summed E-state index contributed by atoms with van der Waals surface area (Å²) in [5.74, 6) is -2.47. The number of rotatable bonds is 7. The molecule has 0 saturated carbocycles. The Hall–Kier alpha value is -1.62. The molecule has 0 aliphatic carbocycles. The Balaban J connectivity index is 2.58.